The summed E-state index contributed by atoms with van der Waals surface area (Å²) in [5.41, 5.74) is 2.22. The molecule has 2 aromatic rings. The Morgan fingerprint density at radius 2 is 1.59 bits per heavy atom. The fourth-order valence-corrected chi connectivity index (χ4v) is 2.44. The van der Waals surface area contributed by atoms with Crippen molar-refractivity contribution in [3.8, 4) is 11.1 Å². The van der Waals surface area contributed by atoms with Crippen molar-refractivity contribution >= 4 is 10.1 Å². The molecule has 2 aromatic carbocycles. The van der Waals surface area contributed by atoms with Gasteiger partial charge in [-0.2, -0.15) is 8.42 Å². The van der Waals surface area contributed by atoms with Gasteiger partial charge < -0.3 is 0 Å². The lowest BCUT2D eigenvalue weighted by Crippen LogP contribution is -2.01. The molecule has 0 spiro atoms. The fraction of sp³-hybridized carbons (Fsp3) is 0.0769. The zero-order chi connectivity index (χ0) is 12.5. The van der Waals surface area contributed by atoms with Crippen LogP contribution in [0.2, 0.25) is 0 Å². The van der Waals surface area contributed by atoms with Crippen molar-refractivity contribution in [2.75, 3.05) is 0 Å². The van der Waals surface area contributed by atoms with Crippen LogP contribution in [0.5, 0.6) is 0 Å². The molecule has 88 valence electrons. The first-order valence-corrected chi connectivity index (χ1v) is 6.56. The summed E-state index contributed by atoms with van der Waals surface area (Å²) in [7, 11) is -4.16. The summed E-state index contributed by atoms with van der Waals surface area (Å²) in [6.45, 7) is 1.65. The van der Waals surface area contributed by atoms with Crippen molar-refractivity contribution in [3.63, 3.8) is 0 Å². The molecule has 0 unspecified atom stereocenters. The Hall–Kier alpha value is -1.65. The lowest BCUT2D eigenvalue weighted by molar-refractivity contribution is 0.482. The number of benzene rings is 2. The van der Waals surface area contributed by atoms with E-state index in [1.807, 2.05) is 36.4 Å². The highest BCUT2D eigenvalue weighted by Crippen LogP contribution is 2.24. The van der Waals surface area contributed by atoms with Gasteiger partial charge in [0.05, 0.1) is 4.90 Å². The second-order valence-corrected chi connectivity index (χ2v) is 5.21. The molecule has 0 heterocycles. The maximum Gasteiger partial charge on any atom is 0.294 e. The van der Waals surface area contributed by atoms with E-state index in [1.54, 1.807) is 13.0 Å². The lowest BCUT2D eigenvalue weighted by Gasteiger charge is -2.06. The third-order valence-corrected chi connectivity index (χ3v) is 3.57. The predicted octanol–water partition coefficient (Wildman–Crippen LogP) is 2.91. The van der Waals surface area contributed by atoms with Gasteiger partial charge in [0.15, 0.2) is 0 Å². The van der Waals surface area contributed by atoms with Crippen LogP contribution in [0.4, 0.5) is 0 Å². The molecule has 0 bridgehead atoms. The van der Waals surface area contributed by atoms with Gasteiger partial charge in [-0.25, -0.2) is 0 Å². The topological polar surface area (TPSA) is 54.4 Å². The quantitative estimate of drug-likeness (QED) is 0.831. The Morgan fingerprint density at radius 1 is 0.941 bits per heavy atom. The third-order valence-electron chi connectivity index (χ3n) is 2.57. The highest BCUT2D eigenvalue weighted by molar-refractivity contribution is 7.85. The smallest absolute Gasteiger partial charge is 0.282 e. The van der Waals surface area contributed by atoms with E-state index in [2.05, 4.69) is 0 Å². The first-order chi connectivity index (χ1) is 7.98. The highest BCUT2D eigenvalue weighted by atomic mass is 32.2. The highest BCUT2D eigenvalue weighted by Gasteiger charge is 2.13. The molecule has 0 aliphatic rings. The number of hydrogen-bond donors (Lipinski definition) is 1. The van der Waals surface area contributed by atoms with Crippen molar-refractivity contribution in [3.05, 3.63) is 54.1 Å². The molecule has 0 radical (unpaired) electrons. The molecular weight excluding hydrogens is 236 g/mol. The van der Waals surface area contributed by atoms with Gasteiger partial charge in [-0.1, -0.05) is 42.5 Å². The summed E-state index contributed by atoms with van der Waals surface area (Å²) in [6.07, 6.45) is 0. The average Bonchev–Trinajstić information content (AvgIpc) is 2.29. The maximum absolute atomic E-state index is 11.2. The van der Waals surface area contributed by atoms with Gasteiger partial charge in [0.25, 0.3) is 10.1 Å². The van der Waals surface area contributed by atoms with E-state index in [-0.39, 0.29) is 4.90 Å². The van der Waals surface area contributed by atoms with Crippen molar-refractivity contribution in [1.82, 2.24) is 0 Å². The van der Waals surface area contributed by atoms with Crippen LogP contribution in [0.15, 0.2) is 53.4 Å². The molecule has 0 atom stereocenters. The van der Waals surface area contributed by atoms with Gasteiger partial charge in [-0.05, 0) is 29.7 Å². The third kappa shape index (κ3) is 2.54. The van der Waals surface area contributed by atoms with Gasteiger partial charge in [0.1, 0.15) is 0 Å². The zero-order valence-corrected chi connectivity index (χ0v) is 10.1. The van der Waals surface area contributed by atoms with Crippen LogP contribution >= 0.6 is 0 Å². The van der Waals surface area contributed by atoms with Gasteiger partial charge in [-0.15, -0.1) is 0 Å². The van der Waals surface area contributed by atoms with Gasteiger partial charge >= 0.3 is 0 Å². The standard InChI is InChI=1S/C13H12O3S/c1-10-7-8-12(9-13(10)17(14,15)16)11-5-3-2-4-6-11/h2-9H,1H3,(H,14,15,16). The van der Waals surface area contributed by atoms with Crippen molar-refractivity contribution in [2.45, 2.75) is 11.8 Å². The fourth-order valence-electron chi connectivity index (χ4n) is 1.69. The van der Waals surface area contributed by atoms with Crippen LogP contribution in [0.1, 0.15) is 5.56 Å². The van der Waals surface area contributed by atoms with Crippen LogP contribution in [0.25, 0.3) is 11.1 Å². The van der Waals surface area contributed by atoms with Crippen LogP contribution in [0, 0.1) is 6.92 Å². The minimum atomic E-state index is -4.16. The van der Waals surface area contributed by atoms with Gasteiger partial charge in [0.2, 0.25) is 0 Å². The molecule has 1 N–H and O–H groups in total. The first kappa shape index (κ1) is 11.8. The number of rotatable bonds is 2. The summed E-state index contributed by atoms with van der Waals surface area (Å²) in [5.74, 6) is 0. The molecule has 2 rings (SSSR count). The molecule has 17 heavy (non-hydrogen) atoms. The summed E-state index contributed by atoms with van der Waals surface area (Å²) in [6, 6.07) is 14.4. The van der Waals surface area contributed by atoms with Crippen molar-refractivity contribution in [2.24, 2.45) is 0 Å². The van der Waals surface area contributed by atoms with E-state index in [9.17, 15) is 8.42 Å². The summed E-state index contributed by atoms with van der Waals surface area (Å²) in [4.78, 5) is -0.0427. The summed E-state index contributed by atoms with van der Waals surface area (Å²) < 4.78 is 31.5. The van der Waals surface area contributed by atoms with Crippen molar-refractivity contribution in [1.29, 1.82) is 0 Å². The van der Waals surface area contributed by atoms with Gasteiger partial charge in [-0.3, -0.25) is 4.55 Å². The van der Waals surface area contributed by atoms with E-state index >= 15 is 0 Å². The second kappa shape index (κ2) is 4.31. The molecule has 0 aliphatic carbocycles. The Bertz CT molecular complexity index is 631. The Morgan fingerprint density at radius 3 is 2.18 bits per heavy atom. The largest absolute Gasteiger partial charge is 0.294 e. The van der Waals surface area contributed by atoms with Crippen LogP contribution in [0.3, 0.4) is 0 Å². The van der Waals surface area contributed by atoms with Crippen LogP contribution < -0.4 is 0 Å². The Balaban J connectivity index is 2.61. The Labute approximate surface area is 100 Å². The number of hydrogen-bond acceptors (Lipinski definition) is 2. The average molecular weight is 248 g/mol. The Kier molecular flexibility index (Phi) is 3.00. The van der Waals surface area contributed by atoms with Gasteiger partial charge in [0, 0.05) is 0 Å². The zero-order valence-electron chi connectivity index (χ0n) is 9.29. The summed E-state index contributed by atoms with van der Waals surface area (Å²) >= 11 is 0. The summed E-state index contributed by atoms with van der Waals surface area (Å²) in [5, 5.41) is 0. The van der Waals surface area contributed by atoms with E-state index in [4.69, 9.17) is 4.55 Å². The molecule has 0 aromatic heterocycles. The minimum absolute atomic E-state index is 0.0427. The lowest BCUT2D eigenvalue weighted by atomic mass is 10.0. The molecule has 0 aliphatic heterocycles. The first-order valence-electron chi connectivity index (χ1n) is 5.12. The molecule has 0 fully saturated rings. The normalized spacial score (nSPS) is 11.4. The predicted molar refractivity (Wildman–Crippen MR) is 66.4 cm³/mol. The minimum Gasteiger partial charge on any atom is -0.282 e. The molecule has 3 nitrogen and oxygen atoms in total. The second-order valence-electron chi connectivity index (χ2n) is 3.82. The maximum atomic E-state index is 11.2. The van der Waals surface area contributed by atoms with Crippen molar-refractivity contribution < 1.29 is 13.0 Å². The molecule has 0 saturated heterocycles. The number of aryl methyl sites for hydroxylation is 1. The van der Waals surface area contributed by atoms with E-state index in [0.717, 1.165) is 11.1 Å². The van der Waals surface area contributed by atoms with E-state index in [0.29, 0.717) is 5.56 Å². The van der Waals surface area contributed by atoms with Crippen LogP contribution in [-0.2, 0) is 10.1 Å². The SMILES string of the molecule is Cc1ccc(-c2ccccc2)cc1S(=O)(=O)O. The van der Waals surface area contributed by atoms with Crippen LogP contribution in [-0.4, -0.2) is 13.0 Å². The molecule has 4 heteroatoms. The molecule has 0 amide bonds. The monoisotopic (exact) mass is 248 g/mol. The van der Waals surface area contributed by atoms with E-state index < -0.39 is 10.1 Å². The van der Waals surface area contributed by atoms with E-state index in [1.165, 1.54) is 6.07 Å². The molecular formula is C13H12O3S. The molecule has 0 saturated carbocycles.